The lowest BCUT2D eigenvalue weighted by atomic mass is 9.86. The van der Waals surface area contributed by atoms with E-state index in [1.807, 2.05) is 0 Å². The second-order valence-electron chi connectivity index (χ2n) is 4.24. The van der Waals surface area contributed by atoms with Gasteiger partial charge in [-0.2, -0.15) is 0 Å². The standard InChI is InChI=1S/C12H20N2O/c1-3-8-13-9-12(15)14-11-7-5-4-6-10(11)2/h1,10-11,13H,4-9H2,2H3,(H,14,15). The molecule has 1 rings (SSSR count). The summed E-state index contributed by atoms with van der Waals surface area (Å²) in [6.07, 6.45) is 9.94. The molecule has 0 saturated heterocycles. The Morgan fingerprint density at radius 3 is 2.87 bits per heavy atom. The van der Waals surface area contributed by atoms with Crippen LogP contribution >= 0.6 is 0 Å². The molecule has 0 aromatic heterocycles. The molecule has 0 aliphatic heterocycles. The Hall–Kier alpha value is -1.01. The van der Waals surface area contributed by atoms with E-state index >= 15 is 0 Å². The van der Waals surface area contributed by atoms with Crippen molar-refractivity contribution in [1.82, 2.24) is 10.6 Å². The van der Waals surface area contributed by atoms with Crippen LogP contribution in [-0.4, -0.2) is 25.0 Å². The molecule has 0 aromatic rings. The smallest absolute Gasteiger partial charge is 0.234 e. The molecule has 2 atom stereocenters. The minimum atomic E-state index is 0.0593. The Morgan fingerprint density at radius 2 is 2.20 bits per heavy atom. The van der Waals surface area contributed by atoms with Gasteiger partial charge in [0.25, 0.3) is 0 Å². The molecule has 0 aromatic carbocycles. The first kappa shape index (κ1) is 12.1. The molecule has 0 heterocycles. The van der Waals surface area contributed by atoms with Crippen LogP contribution in [-0.2, 0) is 4.79 Å². The fourth-order valence-corrected chi connectivity index (χ4v) is 2.04. The summed E-state index contributed by atoms with van der Waals surface area (Å²) in [7, 11) is 0. The third-order valence-electron chi connectivity index (χ3n) is 2.97. The van der Waals surface area contributed by atoms with Crippen molar-refractivity contribution in [2.75, 3.05) is 13.1 Å². The fourth-order valence-electron chi connectivity index (χ4n) is 2.04. The largest absolute Gasteiger partial charge is 0.352 e. The fraction of sp³-hybridized carbons (Fsp3) is 0.750. The lowest BCUT2D eigenvalue weighted by Crippen LogP contribution is -2.44. The van der Waals surface area contributed by atoms with E-state index in [4.69, 9.17) is 6.42 Å². The molecule has 3 heteroatoms. The highest BCUT2D eigenvalue weighted by Crippen LogP contribution is 2.23. The average molecular weight is 208 g/mol. The molecule has 0 radical (unpaired) electrons. The van der Waals surface area contributed by atoms with Crippen LogP contribution in [0, 0.1) is 18.3 Å². The molecule has 1 aliphatic rings. The topological polar surface area (TPSA) is 41.1 Å². The van der Waals surface area contributed by atoms with Crippen molar-refractivity contribution in [3.8, 4) is 12.3 Å². The van der Waals surface area contributed by atoms with E-state index in [2.05, 4.69) is 23.5 Å². The van der Waals surface area contributed by atoms with Gasteiger partial charge < -0.3 is 5.32 Å². The Kier molecular flexibility index (Phi) is 5.20. The van der Waals surface area contributed by atoms with Crippen LogP contribution in [0.2, 0.25) is 0 Å². The van der Waals surface area contributed by atoms with Gasteiger partial charge in [0.05, 0.1) is 13.1 Å². The first-order valence-corrected chi connectivity index (χ1v) is 5.67. The van der Waals surface area contributed by atoms with Gasteiger partial charge in [0.15, 0.2) is 0 Å². The van der Waals surface area contributed by atoms with Crippen LogP contribution in [0.1, 0.15) is 32.6 Å². The molecule has 0 spiro atoms. The van der Waals surface area contributed by atoms with E-state index in [1.165, 1.54) is 19.3 Å². The van der Waals surface area contributed by atoms with E-state index in [0.717, 1.165) is 6.42 Å². The SMILES string of the molecule is C#CCNCC(=O)NC1CCCCC1C. The van der Waals surface area contributed by atoms with Crippen LogP contribution in [0.15, 0.2) is 0 Å². The van der Waals surface area contributed by atoms with Crippen LogP contribution in [0.4, 0.5) is 0 Å². The van der Waals surface area contributed by atoms with Crippen LogP contribution in [0.5, 0.6) is 0 Å². The van der Waals surface area contributed by atoms with E-state index < -0.39 is 0 Å². The highest BCUT2D eigenvalue weighted by atomic mass is 16.1. The quantitative estimate of drug-likeness (QED) is 0.532. The molecule has 1 saturated carbocycles. The van der Waals surface area contributed by atoms with Gasteiger partial charge in [0.1, 0.15) is 0 Å². The van der Waals surface area contributed by atoms with Crippen molar-refractivity contribution >= 4 is 5.91 Å². The summed E-state index contributed by atoms with van der Waals surface area (Å²) in [4.78, 5) is 11.5. The first-order chi connectivity index (χ1) is 7.24. The maximum absolute atomic E-state index is 11.5. The van der Waals surface area contributed by atoms with E-state index in [1.54, 1.807) is 0 Å². The van der Waals surface area contributed by atoms with Gasteiger partial charge in [0.2, 0.25) is 5.91 Å². The summed E-state index contributed by atoms with van der Waals surface area (Å²) < 4.78 is 0. The third kappa shape index (κ3) is 4.35. The molecule has 0 bridgehead atoms. The van der Waals surface area contributed by atoms with Gasteiger partial charge in [-0.1, -0.05) is 25.7 Å². The predicted molar refractivity (Wildman–Crippen MR) is 61.3 cm³/mol. The molecule has 84 valence electrons. The van der Waals surface area contributed by atoms with Gasteiger partial charge in [-0.15, -0.1) is 6.42 Å². The number of terminal acetylenes is 1. The molecule has 1 aliphatic carbocycles. The minimum Gasteiger partial charge on any atom is -0.352 e. The van der Waals surface area contributed by atoms with Gasteiger partial charge in [-0.05, 0) is 18.8 Å². The summed E-state index contributed by atoms with van der Waals surface area (Å²) in [5, 5.41) is 5.95. The maximum Gasteiger partial charge on any atom is 0.234 e. The number of amides is 1. The maximum atomic E-state index is 11.5. The highest BCUT2D eigenvalue weighted by molar-refractivity contribution is 5.78. The van der Waals surface area contributed by atoms with Gasteiger partial charge >= 0.3 is 0 Å². The Morgan fingerprint density at radius 1 is 1.47 bits per heavy atom. The predicted octanol–water partition coefficient (Wildman–Crippen LogP) is 0.904. The molecular weight excluding hydrogens is 188 g/mol. The zero-order chi connectivity index (χ0) is 11.1. The Balaban J connectivity index is 2.21. The normalized spacial score (nSPS) is 25.6. The van der Waals surface area contributed by atoms with E-state index in [9.17, 15) is 4.79 Å². The first-order valence-electron chi connectivity index (χ1n) is 5.67. The summed E-state index contributed by atoms with van der Waals surface area (Å²) in [6.45, 7) is 2.99. The van der Waals surface area contributed by atoms with Gasteiger partial charge in [0, 0.05) is 6.04 Å². The van der Waals surface area contributed by atoms with E-state index in [-0.39, 0.29) is 5.91 Å². The lowest BCUT2D eigenvalue weighted by Gasteiger charge is -2.29. The van der Waals surface area contributed by atoms with Crippen LogP contribution < -0.4 is 10.6 Å². The molecule has 2 unspecified atom stereocenters. The van der Waals surface area contributed by atoms with Crippen molar-refractivity contribution < 1.29 is 4.79 Å². The second kappa shape index (κ2) is 6.47. The molecule has 3 nitrogen and oxygen atoms in total. The molecule has 15 heavy (non-hydrogen) atoms. The molecule has 1 amide bonds. The van der Waals surface area contributed by atoms with Crippen LogP contribution in [0.25, 0.3) is 0 Å². The zero-order valence-corrected chi connectivity index (χ0v) is 9.38. The van der Waals surface area contributed by atoms with Crippen molar-refractivity contribution in [2.24, 2.45) is 5.92 Å². The van der Waals surface area contributed by atoms with Crippen molar-refractivity contribution in [3.05, 3.63) is 0 Å². The second-order valence-corrected chi connectivity index (χ2v) is 4.24. The minimum absolute atomic E-state index is 0.0593. The average Bonchev–Trinajstić information content (AvgIpc) is 2.22. The summed E-state index contributed by atoms with van der Waals surface area (Å²) in [5.41, 5.74) is 0. The number of hydrogen-bond donors (Lipinski definition) is 2. The Labute approximate surface area is 92.0 Å². The number of nitrogens with one attached hydrogen (secondary N) is 2. The van der Waals surface area contributed by atoms with Crippen molar-refractivity contribution in [3.63, 3.8) is 0 Å². The number of carbonyl (C=O) groups excluding carboxylic acids is 1. The summed E-state index contributed by atoms with van der Waals surface area (Å²) >= 11 is 0. The lowest BCUT2D eigenvalue weighted by molar-refractivity contribution is -0.121. The molecule has 1 fully saturated rings. The third-order valence-corrected chi connectivity index (χ3v) is 2.97. The number of carbonyl (C=O) groups is 1. The number of rotatable bonds is 4. The summed E-state index contributed by atoms with van der Waals surface area (Å²) in [5.74, 6) is 3.11. The van der Waals surface area contributed by atoms with Crippen molar-refractivity contribution in [2.45, 2.75) is 38.6 Å². The molecule has 2 N–H and O–H groups in total. The Bertz CT molecular complexity index is 244. The van der Waals surface area contributed by atoms with Gasteiger partial charge in [-0.3, -0.25) is 10.1 Å². The number of hydrogen-bond acceptors (Lipinski definition) is 2. The zero-order valence-electron chi connectivity index (χ0n) is 9.38. The van der Waals surface area contributed by atoms with Gasteiger partial charge in [-0.25, -0.2) is 0 Å². The highest BCUT2D eigenvalue weighted by Gasteiger charge is 2.22. The van der Waals surface area contributed by atoms with E-state index in [0.29, 0.717) is 25.0 Å². The monoisotopic (exact) mass is 208 g/mol. The summed E-state index contributed by atoms with van der Waals surface area (Å²) in [6, 6.07) is 0.360. The van der Waals surface area contributed by atoms with Crippen molar-refractivity contribution in [1.29, 1.82) is 0 Å². The molecular formula is C12H20N2O. The van der Waals surface area contributed by atoms with Crippen LogP contribution in [0.3, 0.4) is 0 Å².